The van der Waals surface area contributed by atoms with Crippen LogP contribution in [0.15, 0.2) is 30.6 Å². The first kappa shape index (κ1) is 10.7. The van der Waals surface area contributed by atoms with Crippen molar-refractivity contribution in [3.05, 3.63) is 41.9 Å². The zero-order valence-corrected chi connectivity index (χ0v) is 10.2. The zero-order valence-electron chi connectivity index (χ0n) is 10.2. The second-order valence-corrected chi connectivity index (χ2v) is 4.27. The lowest BCUT2D eigenvalue weighted by atomic mass is 10.3. The predicted molar refractivity (Wildman–Crippen MR) is 67.5 cm³/mol. The van der Waals surface area contributed by atoms with Crippen LogP contribution in [0, 0.1) is 6.92 Å². The quantitative estimate of drug-likeness (QED) is 0.642. The van der Waals surface area contributed by atoms with E-state index in [1.54, 1.807) is 16.9 Å². The van der Waals surface area contributed by atoms with E-state index in [1.807, 2.05) is 36.7 Å². The lowest BCUT2D eigenvalue weighted by molar-refractivity contribution is 0.112. The van der Waals surface area contributed by atoms with Gasteiger partial charge in [0.25, 0.3) is 0 Å². The normalized spacial score (nSPS) is 11.0. The van der Waals surface area contributed by atoms with Crippen LogP contribution in [-0.4, -0.2) is 25.5 Å². The number of nitrogens with zero attached hydrogens (tertiary/aromatic N) is 4. The molecule has 0 aliphatic heterocycles. The number of hydrogen-bond acceptors (Lipinski definition) is 3. The summed E-state index contributed by atoms with van der Waals surface area (Å²) in [5.74, 6) is 0. The third-order valence-electron chi connectivity index (χ3n) is 2.87. The maximum atomic E-state index is 10.7. The number of carbonyl (C=O) groups is 1. The smallest absolute Gasteiger partial charge is 0.151 e. The van der Waals surface area contributed by atoms with Crippen LogP contribution in [0.4, 0.5) is 0 Å². The van der Waals surface area contributed by atoms with Crippen LogP contribution >= 0.6 is 0 Å². The van der Waals surface area contributed by atoms with Gasteiger partial charge < -0.3 is 4.40 Å². The maximum absolute atomic E-state index is 10.7. The second kappa shape index (κ2) is 3.80. The Morgan fingerprint density at radius 1 is 1.28 bits per heavy atom. The molecule has 0 aliphatic rings. The van der Waals surface area contributed by atoms with Gasteiger partial charge in [-0.3, -0.25) is 9.48 Å². The summed E-state index contributed by atoms with van der Waals surface area (Å²) in [7, 11) is 1.89. The molecule has 0 saturated carbocycles. The van der Waals surface area contributed by atoms with Gasteiger partial charge in [0.15, 0.2) is 6.29 Å². The Balaban J connectivity index is 2.18. The number of aryl methyl sites for hydroxylation is 2. The molecule has 5 nitrogen and oxygen atoms in total. The minimum Gasteiger partial charge on any atom is -0.306 e. The number of pyridine rings is 1. The highest BCUT2D eigenvalue weighted by atomic mass is 16.1. The van der Waals surface area contributed by atoms with E-state index in [0.717, 1.165) is 29.0 Å². The molecule has 0 N–H and O–H groups in total. The third-order valence-corrected chi connectivity index (χ3v) is 2.87. The fourth-order valence-electron chi connectivity index (χ4n) is 2.05. The molecule has 0 spiro atoms. The Morgan fingerprint density at radius 3 is 2.78 bits per heavy atom. The van der Waals surface area contributed by atoms with Crippen LogP contribution < -0.4 is 0 Å². The van der Waals surface area contributed by atoms with Crippen LogP contribution in [0.1, 0.15) is 16.1 Å². The largest absolute Gasteiger partial charge is 0.306 e. The van der Waals surface area contributed by atoms with Crippen molar-refractivity contribution in [2.45, 2.75) is 6.92 Å². The molecule has 90 valence electrons. The first-order valence-electron chi connectivity index (χ1n) is 5.62. The summed E-state index contributed by atoms with van der Waals surface area (Å²) >= 11 is 0. The molecule has 0 atom stereocenters. The third kappa shape index (κ3) is 1.60. The number of aldehydes is 1. The van der Waals surface area contributed by atoms with Crippen molar-refractivity contribution in [1.29, 1.82) is 0 Å². The van der Waals surface area contributed by atoms with E-state index in [-0.39, 0.29) is 0 Å². The number of imidazole rings is 1. The Bertz CT molecular complexity index is 739. The van der Waals surface area contributed by atoms with Gasteiger partial charge in [0.2, 0.25) is 0 Å². The van der Waals surface area contributed by atoms with E-state index in [1.165, 1.54) is 0 Å². The van der Waals surface area contributed by atoms with Crippen molar-refractivity contribution >= 4 is 11.9 Å². The van der Waals surface area contributed by atoms with Gasteiger partial charge in [-0.05, 0) is 25.1 Å². The molecule has 5 heteroatoms. The monoisotopic (exact) mass is 240 g/mol. The van der Waals surface area contributed by atoms with Crippen LogP contribution in [0.25, 0.3) is 17.0 Å². The van der Waals surface area contributed by atoms with Gasteiger partial charge in [-0.25, -0.2) is 4.98 Å². The van der Waals surface area contributed by atoms with Gasteiger partial charge in [0.1, 0.15) is 11.3 Å². The van der Waals surface area contributed by atoms with Crippen molar-refractivity contribution in [3.8, 4) is 11.4 Å². The predicted octanol–water partition coefficient (Wildman–Crippen LogP) is 1.86. The highest BCUT2D eigenvalue weighted by Gasteiger charge is 2.09. The summed E-state index contributed by atoms with van der Waals surface area (Å²) < 4.78 is 3.65. The van der Waals surface area contributed by atoms with Gasteiger partial charge in [0, 0.05) is 25.0 Å². The Hall–Kier alpha value is -2.43. The fraction of sp³-hybridized carbons (Fsp3) is 0.154. The molecule has 18 heavy (non-hydrogen) atoms. The topological polar surface area (TPSA) is 52.2 Å². The van der Waals surface area contributed by atoms with Gasteiger partial charge in [-0.1, -0.05) is 0 Å². The molecule has 0 aromatic carbocycles. The summed E-state index contributed by atoms with van der Waals surface area (Å²) in [5, 5.41) is 4.30. The van der Waals surface area contributed by atoms with Gasteiger partial charge >= 0.3 is 0 Å². The molecule has 0 fully saturated rings. The number of carbonyl (C=O) groups excluding carboxylic acids is 1. The first-order valence-corrected chi connectivity index (χ1v) is 5.62. The van der Waals surface area contributed by atoms with Crippen molar-refractivity contribution < 1.29 is 4.79 Å². The average Bonchev–Trinajstić information content (AvgIpc) is 2.90. The number of fused-ring (bicyclic) bond motifs is 1. The molecular weight excluding hydrogens is 228 g/mol. The molecule has 0 amide bonds. The lowest BCUT2D eigenvalue weighted by Crippen LogP contribution is -1.93. The van der Waals surface area contributed by atoms with Gasteiger partial charge in [0.05, 0.1) is 11.4 Å². The van der Waals surface area contributed by atoms with E-state index in [2.05, 4.69) is 10.1 Å². The molecule has 3 aromatic heterocycles. The minimum atomic E-state index is 0.632. The highest BCUT2D eigenvalue weighted by Crippen LogP contribution is 2.19. The second-order valence-electron chi connectivity index (χ2n) is 4.27. The summed E-state index contributed by atoms with van der Waals surface area (Å²) in [6.45, 7) is 1.95. The van der Waals surface area contributed by atoms with Gasteiger partial charge in [-0.15, -0.1) is 0 Å². The Kier molecular flexibility index (Phi) is 2.26. The molecule has 0 aliphatic carbocycles. The maximum Gasteiger partial charge on any atom is 0.151 e. The zero-order chi connectivity index (χ0) is 12.7. The SMILES string of the molecule is Cc1cc(-c2cn3cc(C=O)ccc3n2)n(C)n1. The standard InChI is InChI=1S/C13H12N4O/c1-9-5-12(16(2)15-9)11-7-17-6-10(8-18)3-4-13(17)14-11/h3-8H,1-2H3. The van der Waals surface area contributed by atoms with E-state index in [4.69, 9.17) is 0 Å². The van der Waals surface area contributed by atoms with Crippen LogP contribution in [0.5, 0.6) is 0 Å². The number of rotatable bonds is 2. The van der Waals surface area contributed by atoms with Crippen molar-refractivity contribution in [1.82, 2.24) is 19.2 Å². The molecule has 0 radical (unpaired) electrons. The minimum absolute atomic E-state index is 0.632. The summed E-state index contributed by atoms with van der Waals surface area (Å²) in [6.07, 6.45) is 4.49. The molecule has 0 saturated heterocycles. The van der Waals surface area contributed by atoms with Gasteiger partial charge in [-0.2, -0.15) is 5.10 Å². The lowest BCUT2D eigenvalue weighted by Gasteiger charge is -1.94. The highest BCUT2D eigenvalue weighted by molar-refractivity contribution is 5.75. The number of aromatic nitrogens is 4. The summed E-state index contributed by atoms with van der Waals surface area (Å²) in [6, 6.07) is 5.58. The fourth-order valence-corrected chi connectivity index (χ4v) is 2.05. The first-order chi connectivity index (χ1) is 8.67. The van der Waals surface area contributed by atoms with E-state index >= 15 is 0 Å². The summed E-state index contributed by atoms with van der Waals surface area (Å²) in [5.41, 5.74) is 4.21. The molecule has 3 rings (SSSR count). The molecule has 3 aromatic rings. The molecule has 0 unspecified atom stereocenters. The average molecular weight is 240 g/mol. The van der Waals surface area contributed by atoms with E-state index in [0.29, 0.717) is 5.56 Å². The number of hydrogen-bond donors (Lipinski definition) is 0. The molecule has 0 bridgehead atoms. The van der Waals surface area contributed by atoms with Crippen LogP contribution in [0.2, 0.25) is 0 Å². The van der Waals surface area contributed by atoms with E-state index < -0.39 is 0 Å². The Labute approximate surface area is 104 Å². The van der Waals surface area contributed by atoms with Crippen LogP contribution in [0.3, 0.4) is 0 Å². The Morgan fingerprint density at radius 2 is 2.11 bits per heavy atom. The van der Waals surface area contributed by atoms with Crippen molar-refractivity contribution in [3.63, 3.8) is 0 Å². The van der Waals surface area contributed by atoms with Crippen molar-refractivity contribution in [2.75, 3.05) is 0 Å². The van der Waals surface area contributed by atoms with Crippen molar-refractivity contribution in [2.24, 2.45) is 7.05 Å². The van der Waals surface area contributed by atoms with E-state index in [9.17, 15) is 4.79 Å². The molecule has 3 heterocycles. The van der Waals surface area contributed by atoms with Crippen LogP contribution in [-0.2, 0) is 7.05 Å². The summed E-state index contributed by atoms with van der Waals surface area (Å²) in [4.78, 5) is 15.3. The molecular formula is C13H12N4O.